The second-order valence-corrected chi connectivity index (χ2v) is 4.86. The first-order chi connectivity index (χ1) is 8.45. The fourth-order valence-corrected chi connectivity index (χ4v) is 2.40. The van der Waals surface area contributed by atoms with E-state index in [4.69, 9.17) is 4.74 Å². The van der Waals surface area contributed by atoms with Gasteiger partial charge in [0.15, 0.2) is 0 Å². The highest BCUT2D eigenvalue weighted by Crippen LogP contribution is 2.19. The first-order valence-electron chi connectivity index (χ1n) is 6.86. The lowest BCUT2D eigenvalue weighted by Crippen LogP contribution is -2.37. The van der Waals surface area contributed by atoms with Crippen LogP contribution in [0.4, 0.5) is 0 Å². The number of aliphatic imine (C=N–C) groups is 2. The summed E-state index contributed by atoms with van der Waals surface area (Å²) in [6.07, 6.45) is 6.48. The van der Waals surface area contributed by atoms with E-state index >= 15 is 0 Å². The Hall–Kier alpha value is -0.410. The van der Waals surface area contributed by atoms with E-state index in [1.807, 2.05) is 0 Å². The minimum atomic E-state index is 0. The largest absolute Gasteiger partial charge is 0.379 e. The molecule has 1 aliphatic heterocycles. The number of hydrogen-bond donors (Lipinski definition) is 0. The van der Waals surface area contributed by atoms with Gasteiger partial charge in [0, 0.05) is 19.6 Å². The summed E-state index contributed by atoms with van der Waals surface area (Å²) >= 11 is 0. The monoisotopic (exact) mass is 273 g/mol. The van der Waals surface area contributed by atoms with Crippen molar-refractivity contribution in [2.45, 2.75) is 38.1 Å². The van der Waals surface area contributed by atoms with Crippen LogP contribution in [0.25, 0.3) is 0 Å². The number of morpholine rings is 1. The molecule has 0 radical (unpaired) electrons. The van der Waals surface area contributed by atoms with Crippen LogP contribution in [0.15, 0.2) is 9.98 Å². The maximum atomic E-state index is 5.30. The van der Waals surface area contributed by atoms with E-state index < -0.39 is 0 Å². The molecule has 0 atom stereocenters. The Morgan fingerprint density at radius 1 is 1.11 bits per heavy atom. The van der Waals surface area contributed by atoms with Crippen LogP contribution in [0.3, 0.4) is 0 Å². The van der Waals surface area contributed by atoms with Crippen molar-refractivity contribution in [2.75, 3.05) is 39.4 Å². The number of hydrogen-bond acceptors (Lipinski definition) is 4. The summed E-state index contributed by atoms with van der Waals surface area (Å²) in [7, 11) is 0. The highest BCUT2D eigenvalue weighted by atomic mass is 35.5. The van der Waals surface area contributed by atoms with Crippen LogP contribution in [-0.4, -0.2) is 56.3 Å². The van der Waals surface area contributed by atoms with Crippen LogP contribution in [0.1, 0.15) is 32.1 Å². The minimum absolute atomic E-state index is 0. The van der Waals surface area contributed by atoms with Crippen molar-refractivity contribution in [1.29, 1.82) is 0 Å². The topological polar surface area (TPSA) is 37.2 Å². The van der Waals surface area contributed by atoms with E-state index in [1.54, 1.807) is 0 Å². The third-order valence-electron chi connectivity index (χ3n) is 3.52. The molecular formula is C13H24ClN3O. The van der Waals surface area contributed by atoms with E-state index in [9.17, 15) is 0 Å². The Bertz CT molecular complexity index is 267. The summed E-state index contributed by atoms with van der Waals surface area (Å²) in [5.74, 6) is 0. The van der Waals surface area contributed by atoms with E-state index in [2.05, 4.69) is 20.9 Å². The van der Waals surface area contributed by atoms with Crippen molar-refractivity contribution in [1.82, 2.24) is 4.90 Å². The molecule has 1 saturated heterocycles. The Morgan fingerprint density at radius 3 is 2.56 bits per heavy atom. The molecule has 0 unspecified atom stereocenters. The molecule has 1 heterocycles. The Morgan fingerprint density at radius 2 is 1.83 bits per heavy atom. The Labute approximate surface area is 116 Å². The van der Waals surface area contributed by atoms with Gasteiger partial charge in [-0.1, -0.05) is 19.3 Å². The molecule has 0 spiro atoms. The first-order valence-corrected chi connectivity index (χ1v) is 6.86. The van der Waals surface area contributed by atoms with Gasteiger partial charge < -0.3 is 4.74 Å². The fourth-order valence-electron chi connectivity index (χ4n) is 2.40. The molecule has 1 aliphatic carbocycles. The van der Waals surface area contributed by atoms with Crippen molar-refractivity contribution < 1.29 is 4.74 Å². The van der Waals surface area contributed by atoms with Crippen LogP contribution in [0, 0.1) is 0 Å². The molecule has 0 aromatic rings. The standard InChI is InChI=1S/C13H23N3O.ClH/c1-2-4-13(5-3-1)15-12-14-6-7-16-8-10-17-11-9-16;/h13H,1-11H2;1H. The molecular weight excluding hydrogens is 250 g/mol. The molecule has 1 saturated carbocycles. The lowest BCUT2D eigenvalue weighted by Gasteiger charge is -2.25. The number of ether oxygens (including phenoxy) is 1. The molecule has 18 heavy (non-hydrogen) atoms. The first kappa shape index (κ1) is 15.6. The van der Waals surface area contributed by atoms with E-state index in [1.165, 1.54) is 32.1 Å². The molecule has 104 valence electrons. The number of nitrogens with zero attached hydrogens (tertiary/aromatic N) is 3. The van der Waals surface area contributed by atoms with Gasteiger partial charge in [0.05, 0.1) is 31.8 Å². The summed E-state index contributed by atoms with van der Waals surface area (Å²) < 4.78 is 5.30. The van der Waals surface area contributed by atoms with Crippen molar-refractivity contribution >= 4 is 18.4 Å². The Balaban J connectivity index is 0.00000162. The van der Waals surface area contributed by atoms with Gasteiger partial charge in [0.25, 0.3) is 0 Å². The SMILES string of the molecule is C(=NCCN1CCOCC1)=NC1CCCCC1.Cl. The average molecular weight is 274 g/mol. The average Bonchev–Trinajstić information content (AvgIpc) is 2.41. The van der Waals surface area contributed by atoms with Crippen LogP contribution < -0.4 is 0 Å². The second kappa shape index (κ2) is 9.51. The minimum Gasteiger partial charge on any atom is -0.379 e. The van der Waals surface area contributed by atoms with Gasteiger partial charge in [-0.05, 0) is 12.8 Å². The van der Waals surface area contributed by atoms with E-state index in [0.717, 1.165) is 39.4 Å². The van der Waals surface area contributed by atoms with Crippen LogP contribution in [0.2, 0.25) is 0 Å². The van der Waals surface area contributed by atoms with Crippen molar-refractivity contribution in [3.8, 4) is 0 Å². The molecule has 2 rings (SSSR count). The molecule has 0 bridgehead atoms. The van der Waals surface area contributed by atoms with Crippen LogP contribution in [0.5, 0.6) is 0 Å². The molecule has 4 nitrogen and oxygen atoms in total. The molecule has 0 aromatic heterocycles. The van der Waals surface area contributed by atoms with Crippen molar-refractivity contribution in [2.24, 2.45) is 9.98 Å². The number of halogens is 1. The zero-order chi connectivity index (χ0) is 11.8. The number of rotatable bonds is 4. The maximum Gasteiger partial charge on any atom is 0.0895 e. The third kappa shape index (κ3) is 5.96. The molecule has 5 heteroatoms. The zero-order valence-corrected chi connectivity index (χ0v) is 11.8. The molecule has 0 amide bonds. The predicted octanol–water partition coefficient (Wildman–Crippen LogP) is 2.25. The normalized spacial score (nSPS) is 21.8. The van der Waals surface area contributed by atoms with E-state index in [0.29, 0.717) is 6.04 Å². The van der Waals surface area contributed by atoms with Gasteiger partial charge in [-0.15, -0.1) is 12.4 Å². The predicted molar refractivity (Wildman–Crippen MR) is 76.1 cm³/mol. The molecule has 0 aromatic carbocycles. The van der Waals surface area contributed by atoms with Crippen molar-refractivity contribution in [3.05, 3.63) is 0 Å². The summed E-state index contributed by atoms with van der Waals surface area (Å²) in [5.41, 5.74) is 0. The second-order valence-electron chi connectivity index (χ2n) is 4.86. The van der Waals surface area contributed by atoms with Crippen molar-refractivity contribution in [3.63, 3.8) is 0 Å². The lowest BCUT2D eigenvalue weighted by molar-refractivity contribution is 0.0395. The summed E-state index contributed by atoms with van der Waals surface area (Å²) in [5, 5.41) is 0. The summed E-state index contributed by atoms with van der Waals surface area (Å²) in [4.78, 5) is 11.1. The van der Waals surface area contributed by atoms with Crippen LogP contribution >= 0.6 is 12.4 Å². The fraction of sp³-hybridized carbons (Fsp3) is 0.923. The smallest absolute Gasteiger partial charge is 0.0895 e. The third-order valence-corrected chi connectivity index (χ3v) is 3.52. The molecule has 2 fully saturated rings. The van der Waals surface area contributed by atoms with Gasteiger partial charge in [-0.3, -0.25) is 4.90 Å². The summed E-state index contributed by atoms with van der Waals surface area (Å²) in [6, 6.07) is 3.38. The van der Waals surface area contributed by atoms with Gasteiger partial charge in [0.2, 0.25) is 0 Å². The highest BCUT2D eigenvalue weighted by Gasteiger charge is 2.11. The molecule has 2 aliphatic rings. The van der Waals surface area contributed by atoms with Gasteiger partial charge >= 0.3 is 0 Å². The van der Waals surface area contributed by atoms with Gasteiger partial charge in [-0.25, -0.2) is 9.98 Å². The Kier molecular flexibility index (Phi) is 8.27. The van der Waals surface area contributed by atoms with E-state index in [-0.39, 0.29) is 12.4 Å². The quantitative estimate of drug-likeness (QED) is 0.737. The zero-order valence-electron chi connectivity index (χ0n) is 11.0. The highest BCUT2D eigenvalue weighted by molar-refractivity contribution is 5.85. The van der Waals surface area contributed by atoms with Gasteiger partial charge in [-0.2, -0.15) is 0 Å². The summed E-state index contributed by atoms with van der Waals surface area (Å²) in [6.45, 7) is 5.62. The van der Waals surface area contributed by atoms with Gasteiger partial charge in [0.1, 0.15) is 0 Å². The maximum absolute atomic E-state index is 5.30. The molecule has 0 N–H and O–H groups in total. The van der Waals surface area contributed by atoms with Crippen LogP contribution in [-0.2, 0) is 4.74 Å². The lowest BCUT2D eigenvalue weighted by atomic mass is 9.96.